The van der Waals surface area contributed by atoms with Gasteiger partial charge in [-0.05, 0) is 37.6 Å². The molecule has 0 radical (unpaired) electrons. The molecule has 3 heteroatoms. The second-order valence-corrected chi connectivity index (χ2v) is 4.79. The molecule has 1 rings (SSSR count). The number of hydrogen-bond donors (Lipinski definition) is 0. The molecule has 1 aromatic rings. The molecule has 0 fully saturated rings. The largest absolute Gasteiger partial charge is 0.283 e. The van der Waals surface area contributed by atoms with Crippen molar-refractivity contribution in [1.29, 1.82) is 0 Å². The van der Waals surface area contributed by atoms with E-state index in [1.165, 1.54) is 11.1 Å². The lowest BCUT2D eigenvalue weighted by molar-refractivity contribution is 1.19. The van der Waals surface area contributed by atoms with E-state index in [0.717, 1.165) is 5.69 Å². The highest BCUT2D eigenvalue weighted by Crippen LogP contribution is 2.07. The van der Waals surface area contributed by atoms with Gasteiger partial charge in [0.2, 0.25) is 0 Å². The van der Waals surface area contributed by atoms with Crippen molar-refractivity contribution in [3.8, 4) is 0 Å². The van der Waals surface area contributed by atoms with E-state index in [2.05, 4.69) is 24.2 Å². The first-order valence-electron chi connectivity index (χ1n) is 3.21. The van der Waals surface area contributed by atoms with Crippen LogP contribution in [-0.4, -0.2) is 12.5 Å². The summed E-state index contributed by atoms with van der Waals surface area (Å²) >= 11 is 5.90. The zero-order valence-corrected chi connectivity index (χ0v) is 8.16. The van der Waals surface area contributed by atoms with E-state index in [0.29, 0.717) is 0 Å². The molecule has 0 aliphatic rings. The highest BCUT2D eigenvalue weighted by molar-refractivity contribution is 6.98. The highest BCUT2D eigenvalue weighted by atomic mass is 35.6. The number of nitrogens with zero attached hydrogens (tertiary/aromatic N) is 1. The maximum absolute atomic E-state index is 5.90. The Hall–Kier alpha value is -0.213. The summed E-state index contributed by atoms with van der Waals surface area (Å²) in [5.74, 6) is 0. The van der Waals surface area contributed by atoms with Crippen molar-refractivity contribution >= 4 is 19.0 Å². The molecule has 54 valence electrons. The van der Waals surface area contributed by atoms with Crippen molar-refractivity contribution in [3.63, 3.8) is 0 Å². The molecule has 0 saturated carbocycles. The Balaban J connectivity index is 3.31. The van der Waals surface area contributed by atoms with Gasteiger partial charge in [-0.3, -0.25) is 4.64 Å². The second kappa shape index (κ2) is 2.80. The van der Waals surface area contributed by atoms with E-state index >= 15 is 0 Å². The first kappa shape index (κ1) is 7.89. The molecule has 1 nitrogen and oxygen atoms in total. The van der Waals surface area contributed by atoms with Crippen LogP contribution in [0.1, 0.15) is 16.8 Å². The summed E-state index contributed by atoms with van der Waals surface area (Å²) in [6.07, 6.45) is 0. The third-order valence-electron chi connectivity index (χ3n) is 1.74. The van der Waals surface area contributed by atoms with Gasteiger partial charge in [0.05, 0.1) is 0 Å². The van der Waals surface area contributed by atoms with Crippen molar-refractivity contribution < 1.29 is 0 Å². The number of rotatable bonds is 0. The minimum Gasteiger partial charge on any atom is -0.283 e. The minimum atomic E-state index is -1.05. The third-order valence-corrected chi connectivity index (χ3v) is 3.55. The van der Waals surface area contributed by atoms with Gasteiger partial charge in [-0.1, -0.05) is 0 Å². The molecule has 0 unspecified atom stereocenters. The van der Waals surface area contributed by atoms with E-state index in [1.54, 1.807) is 0 Å². The lowest BCUT2D eigenvalue weighted by Crippen LogP contribution is -1.99. The molecule has 0 atom stereocenters. The topological polar surface area (TPSA) is 12.9 Å². The number of aromatic nitrogens is 1. The fourth-order valence-electron chi connectivity index (χ4n) is 0.849. The first-order chi connectivity index (χ1) is 4.61. The van der Waals surface area contributed by atoms with Gasteiger partial charge in [-0.15, -0.1) is 11.1 Å². The standard InChI is InChI=1S/C7H10ClNSi/c1-5-4-10(8)9-7(3)6(5)2/h4H,1-3H3. The second-order valence-electron chi connectivity index (χ2n) is 2.47. The lowest BCUT2D eigenvalue weighted by Gasteiger charge is -2.02. The Morgan fingerprint density at radius 1 is 1.40 bits per heavy atom. The Labute approximate surface area is 67.4 Å². The zero-order valence-electron chi connectivity index (χ0n) is 6.40. The molecule has 0 aromatic carbocycles. The van der Waals surface area contributed by atoms with Gasteiger partial charge in [0, 0.05) is 5.69 Å². The van der Waals surface area contributed by atoms with E-state index in [9.17, 15) is 0 Å². The van der Waals surface area contributed by atoms with E-state index < -0.39 is 7.88 Å². The Morgan fingerprint density at radius 2 is 2.00 bits per heavy atom. The van der Waals surface area contributed by atoms with Crippen molar-refractivity contribution in [2.45, 2.75) is 20.8 Å². The van der Waals surface area contributed by atoms with Gasteiger partial charge in [0.1, 0.15) is 0 Å². The first-order valence-corrected chi connectivity index (χ1v) is 5.75. The van der Waals surface area contributed by atoms with Crippen LogP contribution in [0.3, 0.4) is 0 Å². The van der Waals surface area contributed by atoms with Crippen molar-refractivity contribution in [2.75, 3.05) is 0 Å². The minimum absolute atomic E-state index is 1.05. The van der Waals surface area contributed by atoms with Gasteiger partial charge in [0.25, 0.3) is 7.88 Å². The normalized spacial score (nSPS) is 10.0. The molecule has 0 spiro atoms. The summed E-state index contributed by atoms with van der Waals surface area (Å²) in [5.41, 5.74) is 5.73. The predicted octanol–water partition coefficient (Wildman–Crippen LogP) is 2.03. The highest BCUT2D eigenvalue weighted by Gasteiger charge is 1.99. The molecule has 1 heterocycles. The average molecular weight is 172 g/mol. The summed E-state index contributed by atoms with van der Waals surface area (Å²) in [5, 5.41) is 0. The predicted molar refractivity (Wildman–Crippen MR) is 45.6 cm³/mol. The SMILES string of the molecule is Cc1c[si](Cl)nc(C)c1C. The zero-order chi connectivity index (χ0) is 7.72. The molecule has 10 heavy (non-hydrogen) atoms. The molecular weight excluding hydrogens is 162 g/mol. The molecule has 0 N–H and O–H groups in total. The summed E-state index contributed by atoms with van der Waals surface area (Å²) in [6.45, 7) is 6.18. The molecule has 0 aliphatic heterocycles. The average Bonchev–Trinajstić information content (AvgIpc) is 1.82. The number of halogens is 1. The van der Waals surface area contributed by atoms with Gasteiger partial charge < -0.3 is 0 Å². The monoisotopic (exact) mass is 171 g/mol. The van der Waals surface area contributed by atoms with Crippen LogP contribution in [0.15, 0.2) is 5.68 Å². The smallest absolute Gasteiger partial charge is 0.262 e. The van der Waals surface area contributed by atoms with Gasteiger partial charge in [0.15, 0.2) is 0 Å². The van der Waals surface area contributed by atoms with E-state index in [4.69, 9.17) is 11.1 Å². The fourth-order valence-corrected chi connectivity index (χ4v) is 2.85. The molecular formula is C7H10ClNSi. The lowest BCUT2D eigenvalue weighted by atomic mass is 10.2. The maximum atomic E-state index is 5.90. The van der Waals surface area contributed by atoms with E-state index in [-0.39, 0.29) is 0 Å². The summed E-state index contributed by atoms with van der Waals surface area (Å²) in [4.78, 5) is 0. The van der Waals surface area contributed by atoms with Crippen LogP contribution in [0.5, 0.6) is 0 Å². The molecule has 0 saturated heterocycles. The van der Waals surface area contributed by atoms with Crippen LogP contribution in [0, 0.1) is 20.8 Å². The number of hydrogen-bond acceptors (Lipinski definition) is 1. The summed E-state index contributed by atoms with van der Waals surface area (Å²) < 4.78 is 4.28. The summed E-state index contributed by atoms with van der Waals surface area (Å²) in [7, 11) is -1.05. The van der Waals surface area contributed by atoms with Crippen LogP contribution < -0.4 is 0 Å². The van der Waals surface area contributed by atoms with Crippen LogP contribution in [0.4, 0.5) is 0 Å². The third kappa shape index (κ3) is 1.44. The Bertz CT molecular complexity index is 237. The van der Waals surface area contributed by atoms with Gasteiger partial charge in [-0.25, -0.2) is 0 Å². The Kier molecular flexibility index (Phi) is 2.21. The van der Waals surface area contributed by atoms with Crippen LogP contribution in [-0.2, 0) is 0 Å². The fraction of sp³-hybridized carbons (Fsp3) is 0.429. The quantitative estimate of drug-likeness (QED) is 0.430. The van der Waals surface area contributed by atoms with E-state index in [1.807, 2.05) is 6.92 Å². The Morgan fingerprint density at radius 3 is 2.50 bits per heavy atom. The number of aryl methyl sites for hydroxylation is 2. The van der Waals surface area contributed by atoms with Crippen LogP contribution in [0.25, 0.3) is 0 Å². The molecule has 0 aliphatic carbocycles. The summed E-state index contributed by atoms with van der Waals surface area (Å²) in [6, 6.07) is 0. The van der Waals surface area contributed by atoms with Gasteiger partial charge in [-0.2, -0.15) is 0 Å². The maximum Gasteiger partial charge on any atom is 0.262 e. The van der Waals surface area contributed by atoms with Crippen LogP contribution in [0.2, 0.25) is 0 Å². The van der Waals surface area contributed by atoms with Crippen molar-refractivity contribution in [1.82, 2.24) is 4.64 Å². The molecule has 1 aromatic heterocycles. The van der Waals surface area contributed by atoms with Crippen molar-refractivity contribution in [2.24, 2.45) is 0 Å². The van der Waals surface area contributed by atoms with Crippen LogP contribution >= 0.6 is 11.1 Å². The van der Waals surface area contributed by atoms with Crippen molar-refractivity contribution in [3.05, 3.63) is 22.5 Å². The van der Waals surface area contributed by atoms with Gasteiger partial charge >= 0.3 is 0 Å². The molecule has 0 bridgehead atoms. The molecule has 0 amide bonds.